The molecule has 0 spiro atoms. The Kier molecular flexibility index (Phi) is 5.57. The molecule has 0 saturated heterocycles. The number of pyridine rings is 1. The van der Waals surface area contributed by atoms with Crippen LogP contribution in [0, 0.1) is 0 Å². The SMILES string of the molecule is O=C(O)NCCc1cc(Sc2ccccn2)n(-c2ccccc2Cl)n1. The molecule has 6 nitrogen and oxygen atoms in total. The van der Waals surface area contributed by atoms with Crippen molar-refractivity contribution in [2.45, 2.75) is 16.5 Å². The number of nitrogens with zero attached hydrogens (tertiary/aromatic N) is 3. The maximum Gasteiger partial charge on any atom is 0.404 e. The first-order valence-electron chi connectivity index (χ1n) is 7.53. The largest absolute Gasteiger partial charge is 0.465 e. The highest BCUT2D eigenvalue weighted by molar-refractivity contribution is 7.99. The number of carboxylic acid groups (broad SMARTS) is 1. The molecule has 3 rings (SSSR count). The number of nitrogens with one attached hydrogen (secondary N) is 1. The van der Waals surface area contributed by atoms with Crippen LogP contribution in [0.15, 0.2) is 64.8 Å². The van der Waals surface area contributed by atoms with E-state index in [2.05, 4.69) is 15.4 Å². The molecule has 0 aliphatic carbocycles. The fraction of sp³-hybridized carbons (Fsp3) is 0.118. The second-order valence-electron chi connectivity index (χ2n) is 5.09. The molecule has 0 bridgehead atoms. The van der Waals surface area contributed by atoms with Gasteiger partial charge in [-0.3, -0.25) is 0 Å². The summed E-state index contributed by atoms with van der Waals surface area (Å²) in [6.45, 7) is 0.294. The Morgan fingerprint density at radius 1 is 1.24 bits per heavy atom. The fourth-order valence-corrected chi connectivity index (χ4v) is 3.32. The first kappa shape index (κ1) is 17.3. The molecule has 1 aromatic carbocycles. The van der Waals surface area contributed by atoms with Gasteiger partial charge in [0.15, 0.2) is 0 Å². The number of aromatic nitrogens is 3. The van der Waals surface area contributed by atoms with Crippen molar-refractivity contribution in [3.05, 3.63) is 65.4 Å². The van der Waals surface area contributed by atoms with Gasteiger partial charge in [-0.05, 0) is 42.1 Å². The number of benzene rings is 1. The predicted octanol–water partition coefficient (Wildman–Crippen LogP) is 3.88. The van der Waals surface area contributed by atoms with Crippen LogP contribution < -0.4 is 5.32 Å². The van der Waals surface area contributed by atoms with Gasteiger partial charge in [0.1, 0.15) is 10.1 Å². The average Bonchev–Trinajstić information content (AvgIpc) is 2.98. The van der Waals surface area contributed by atoms with E-state index in [1.807, 2.05) is 42.5 Å². The van der Waals surface area contributed by atoms with Crippen LogP contribution in [0.2, 0.25) is 5.02 Å². The van der Waals surface area contributed by atoms with Gasteiger partial charge in [0, 0.05) is 19.2 Å². The van der Waals surface area contributed by atoms with Crippen LogP contribution in [0.4, 0.5) is 4.79 Å². The average molecular weight is 375 g/mol. The van der Waals surface area contributed by atoms with Gasteiger partial charge < -0.3 is 10.4 Å². The Hall–Kier alpha value is -2.51. The Morgan fingerprint density at radius 2 is 2.04 bits per heavy atom. The number of para-hydroxylation sites is 1. The number of hydrogen-bond acceptors (Lipinski definition) is 4. The van der Waals surface area contributed by atoms with Crippen molar-refractivity contribution in [3.8, 4) is 5.69 Å². The van der Waals surface area contributed by atoms with Crippen LogP contribution in [0.3, 0.4) is 0 Å². The highest BCUT2D eigenvalue weighted by atomic mass is 35.5. The monoisotopic (exact) mass is 374 g/mol. The molecular weight excluding hydrogens is 360 g/mol. The lowest BCUT2D eigenvalue weighted by Gasteiger charge is -2.08. The van der Waals surface area contributed by atoms with Gasteiger partial charge in [0.2, 0.25) is 0 Å². The van der Waals surface area contributed by atoms with E-state index >= 15 is 0 Å². The van der Waals surface area contributed by atoms with E-state index in [1.54, 1.807) is 16.9 Å². The van der Waals surface area contributed by atoms with Crippen molar-refractivity contribution in [1.29, 1.82) is 0 Å². The molecule has 0 aliphatic rings. The van der Waals surface area contributed by atoms with Crippen molar-refractivity contribution in [3.63, 3.8) is 0 Å². The van der Waals surface area contributed by atoms with E-state index in [9.17, 15) is 4.79 Å². The molecule has 0 unspecified atom stereocenters. The Labute approximate surface area is 153 Å². The van der Waals surface area contributed by atoms with Crippen molar-refractivity contribution in [2.24, 2.45) is 0 Å². The zero-order valence-electron chi connectivity index (χ0n) is 13.1. The maximum atomic E-state index is 10.6. The van der Waals surface area contributed by atoms with E-state index < -0.39 is 6.09 Å². The topological polar surface area (TPSA) is 80.0 Å². The first-order valence-corrected chi connectivity index (χ1v) is 8.72. The molecule has 2 aromatic heterocycles. The molecule has 0 radical (unpaired) electrons. The number of rotatable bonds is 6. The van der Waals surface area contributed by atoms with Crippen molar-refractivity contribution < 1.29 is 9.90 Å². The zero-order chi connectivity index (χ0) is 17.6. The van der Waals surface area contributed by atoms with Crippen molar-refractivity contribution in [1.82, 2.24) is 20.1 Å². The van der Waals surface area contributed by atoms with Crippen LogP contribution in [0.1, 0.15) is 5.69 Å². The summed E-state index contributed by atoms with van der Waals surface area (Å²) in [5.74, 6) is 0. The lowest BCUT2D eigenvalue weighted by molar-refractivity contribution is 0.194. The van der Waals surface area contributed by atoms with E-state index in [1.165, 1.54) is 11.8 Å². The molecule has 3 aromatic rings. The molecule has 128 valence electrons. The zero-order valence-corrected chi connectivity index (χ0v) is 14.7. The number of hydrogen-bond donors (Lipinski definition) is 2. The predicted molar refractivity (Wildman–Crippen MR) is 96.7 cm³/mol. The second kappa shape index (κ2) is 8.04. The van der Waals surface area contributed by atoms with Crippen molar-refractivity contribution >= 4 is 29.5 Å². The number of amides is 1. The van der Waals surface area contributed by atoms with Crippen LogP contribution in [-0.4, -0.2) is 32.5 Å². The van der Waals surface area contributed by atoms with Crippen LogP contribution in [0.5, 0.6) is 0 Å². The lowest BCUT2D eigenvalue weighted by Crippen LogP contribution is -2.23. The summed E-state index contributed by atoms with van der Waals surface area (Å²) in [5.41, 5.74) is 1.53. The number of carbonyl (C=O) groups is 1. The van der Waals surface area contributed by atoms with Gasteiger partial charge in [-0.2, -0.15) is 5.10 Å². The first-order chi connectivity index (χ1) is 12.1. The summed E-state index contributed by atoms with van der Waals surface area (Å²) in [5, 5.41) is 17.9. The van der Waals surface area contributed by atoms with Gasteiger partial charge >= 0.3 is 6.09 Å². The van der Waals surface area contributed by atoms with Gasteiger partial charge in [-0.15, -0.1) is 0 Å². The molecule has 0 atom stereocenters. The lowest BCUT2D eigenvalue weighted by atomic mass is 10.3. The fourth-order valence-electron chi connectivity index (χ4n) is 2.21. The highest BCUT2D eigenvalue weighted by Crippen LogP contribution is 2.31. The van der Waals surface area contributed by atoms with Crippen molar-refractivity contribution in [2.75, 3.05) is 6.54 Å². The molecule has 0 fully saturated rings. The maximum absolute atomic E-state index is 10.6. The Balaban J connectivity index is 1.92. The molecule has 0 saturated carbocycles. The molecule has 0 aliphatic heterocycles. The summed E-state index contributed by atoms with van der Waals surface area (Å²) in [6, 6.07) is 15.1. The van der Waals surface area contributed by atoms with Crippen LogP contribution in [-0.2, 0) is 6.42 Å². The smallest absolute Gasteiger partial charge is 0.404 e. The second-order valence-corrected chi connectivity index (χ2v) is 6.54. The third-order valence-corrected chi connectivity index (χ3v) is 4.58. The minimum atomic E-state index is -1.05. The van der Waals surface area contributed by atoms with E-state index in [0.717, 1.165) is 21.4 Å². The Bertz CT molecular complexity index is 870. The minimum absolute atomic E-state index is 0.294. The normalized spacial score (nSPS) is 10.6. The summed E-state index contributed by atoms with van der Waals surface area (Å²) in [7, 11) is 0. The highest BCUT2D eigenvalue weighted by Gasteiger charge is 2.14. The van der Waals surface area contributed by atoms with Gasteiger partial charge in [-0.25, -0.2) is 14.5 Å². The molecule has 2 heterocycles. The summed E-state index contributed by atoms with van der Waals surface area (Å²) in [6.07, 6.45) is 1.17. The van der Waals surface area contributed by atoms with E-state index in [4.69, 9.17) is 16.7 Å². The van der Waals surface area contributed by atoms with Crippen LogP contribution in [0.25, 0.3) is 5.69 Å². The summed E-state index contributed by atoms with van der Waals surface area (Å²) < 4.78 is 1.76. The molecule has 2 N–H and O–H groups in total. The summed E-state index contributed by atoms with van der Waals surface area (Å²) in [4.78, 5) is 14.9. The quantitative estimate of drug-likeness (QED) is 0.684. The third-order valence-electron chi connectivity index (χ3n) is 3.31. The standard InChI is InChI=1S/C17H15ClN4O2S/c18-13-5-1-2-6-14(13)22-16(25-15-7-3-4-9-19-15)11-12(21-22)8-10-20-17(23)24/h1-7,9,11,20H,8,10H2,(H,23,24). The molecule has 1 amide bonds. The van der Waals surface area contributed by atoms with Gasteiger partial charge in [0.05, 0.1) is 16.4 Å². The molecular formula is C17H15ClN4O2S. The number of halogens is 1. The minimum Gasteiger partial charge on any atom is -0.465 e. The van der Waals surface area contributed by atoms with E-state index in [-0.39, 0.29) is 0 Å². The van der Waals surface area contributed by atoms with E-state index in [0.29, 0.717) is 18.0 Å². The van der Waals surface area contributed by atoms with Gasteiger partial charge in [0.25, 0.3) is 0 Å². The molecule has 25 heavy (non-hydrogen) atoms. The molecule has 8 heteroatoms. The van der Waals surface area contributed by atoms with Crippen LogP contribution >= 0.6 is 23.4 Å². The summed E-state index contributed by atoms with van der Waals surface area (Å²) >= 11 is 7.79. The third kappa shape index (κ3) is 4.52. The Morgan fingerprint density at radius 3 is 2.76 bits per heavy atom. The van der Waals surface area contributed by atoms with Gasteiger partial charge in [-0.1, -0.05) is 29.8 Å².